The monoisotopic (exact) mass is 537 g/mol. The Morgan fingerprint density at radius 3 is 2.08 bits per heavy atom. The molecule has 1 aliphatic carbocycles. The number of benzene rings is 3. The van der Waals surface area contributed by atoms with Crippen molar-refractivity contribution in [1.29, 1.82) is 0 Å². The molecule has 7 nitrogen and oxygen atoms in total. The third-order valence-electron chi connectivity index (χ3n) is 7.06. The SMILES string of the molecule is CC(C)(C)OC(=O)N1CCN(c2ccc(C#CCNC(=O)OCC3c4ccccc4-c4ccccc43)cc2)CC1. The van der Waals surface area contributed by atoms with Crippen molar-refractivity contribution < 1.29 is 19.1 Å². The summed E-state index contributed by atoms with van der Waals surface area (Å²) in [5, 5.41) is 2.73. The van der Waals surface area contributed by atoms with Gasteiger partial charge in [0.05, 0.1) is 6.54 Å². The summed E-state index contributed by atoms with van der Waals surface area (Å²) in [6, 6.07) is 24.5. The molecule has 0 spiro atoms. The molecule has 0 radical (unpaired) electrons. The fourth-order valence-corrected chi connectivity index (χ4v) is 5.14. The van der Waals surface area contributed by atoms with Gasteiger partial charge in [-0.3, -0.25) is 0 Å². The van der Waals surface area contributed by atoms with Crippen molar-refractivity contribution in [3.05, 3.63) is 89.5 Å². The van der Waals surface area contributed by atoms with E-state index in [1.165, 1.54) is 22.3 Å². The first-order valence-electron chi connectivity index (χ1n) is 13.7. The van der Waals surface area contributed by atoms with Gasteiger partial charge in [0.2, 0.25) is 0 Å². The van der Waals surface area contributed by atoms with E-state index in [9.17, 15) is 9.59 Å². The van der Waals surface area contributed by atoms with Gasteiger partial charge in [-0.05, 0) is 67.3 Å². The number of fused-ring (bicyclic) bond motifs is 3. The van der Waals surface area contributed by atoms with E-state index in [-0.39, 0.29) is 25.2 Å². The zero-order chi connectivity index (χ0) is 28.1. The number of ether oxygens (including phenoxy) is 2. The maximum atomic E-state index is 12.3. The van der Waals surface area contributed by atoms with Crippen LogP contribution in [0.25, 0.3) is 11.1 Å². The number of carbonyl (C=O) groups is 2. The molecule has 1 aliphatic heterocycles. The minimum atomic E-state index is -0.490. The van der Waals surface area contributed by atoms with E-state index in [1.54, 1.807) is 4.90 Å². The molecule has 1 N–H and O–H groups in total. The molecule has 0 unspecified atom stereocenters. The minimum absolute atomic E-state index is 0.0306. The lowest BCUT2D eigenvalue weighted by Gasteiger charge is -2.36. The summed E-state index contributed by atoms with van der Waals surface area (Å²) in [6.45, 7) is 8.85. The summed E-state index contributed by atoms with van der Waals surface area (Å²) in [6.07, 6.45) is -0.735. The fraction of sp³-hybridized carbons (Fsp3) is 0.333. The molecule has 1 heterocycles. The number of carbonyl (C=O) groups excluding carboxylic acids is 2. The molecule has 1 fully saturated rings. The highest BCUT2D eigenvalue weighted by Crippen LogP contribution is 2.44. The lowest BCUT2D eigenvalue weighted by molar-refractivity contribution is 0.0240. The van der Waals surface area contributed by atoms with Crippen molar-refractivity contribution in [2.24, 2.45) is 0 Å². The zero-order valence-corrected chi connectivity index (χ0v) is 23.3. The van der Waals surface area contributed by atoms with E-state index in [4.69, 9.17) is 9.47 Å². The Labute approximate surface area is 236 Å². The Kier molecular flexibility index (Phi) is 7.97. The molecule has 40 heavy (non-hydrogen) atoms. The Balaban J connectivity index is 1.07. The van der Waals surface area contributed by atoms with Crippen LogP contribution in [0, 0.1) is 11.8 Å². The Morgan fingerprint density at radius 2 is 1.48 bits per heavy atom. The number of piperazine rings is 1. The van der Waals surface area contributed by atoms with Gasteiger partial charge in [-0.2, -0.15) is 0 Å². The van der Waals surface area contributed by atoms with Crippen LogP contribution in [0.2, 0.25) is 0 Å². The number of nitrogens with one attached hydrogen (secondary N) is 1. The highest BCUT2D eigenvalue weighted by molar-refractivity contribution is 5.79. The summed E-state index contributed by atoms with van der Waals surface area (Å²) in [5.41, 5.74) is 6.24. The molecule has 3 aromatic rings. The second kappa shape index (κ2) is 11.7. The number of anilines is 1. The van der Waals surface area contributed by atoms with Crippen molar-refractivity contribution in [3.63, 3.8) is 0 Å². The summed E-state index contributed by atoms with van der Waals surface area (Å²) in [7, 11) is 0. The Hall–Kier alpha value is -4.44. The highest BCUT2D eigenvalue weighted by atomic mass is 16.6. The van der Waals surface area contributed by atoms with Crippen LogP contribution in [0.3, 0.4) is 0 Å². The van der Waals surface area contributed by atoms with Gasteiger partial charge >= 0.3 is 12.2 Å². The number of hydrogen-bond donors (Lipinski definition) is 1. The highest BCUT2D eigenvalue weighted by Gasteiger charge is 2.29. The largest absolute Gasteiger partial charge is 0.449 e. The second-order valence-corrected chi connectivity index (χ2v) is 11.0. The maximum Gasteiger partial charge on any atom is 0.410 e. The zero-order valence-electron chi connectivity index (χ0n) is 23.3. The summed E-state index contributed by atoms with van der Waals surface area (Å²) < 4.78 is 11.0. The topological polar surface area (TPSA) is 71.1 Å². The Bertz CT molecular complexity index is 1380. The number of amides is 2. The van der Waals surface area contributed by atoms with E-state index in [0.717, 1.165) is 24.3 Å². The predicted octanol–water partition coefficient (Wildman–Crippen LogP) is 5.63. The van der Waals surface area contributed by atoms with E-state index < -0.39 is 11.7 Å². The van der Waals surface area contributed by atoms with Crippen LogP contribution in [0.4, 0.5) is 15.3 Å². The molecule has 206 valence electrons. The van der Waals surface area contributed by atoms with Crippen molar-refractivity contribution in [2.45, 2.75) is 32.3 Å². The van der Waals surface area contributed by atoms with Crippen LogP contribution in [-0.4, -0.2) is 62.0 Å². The molecule has 7 heteroatoms. The smallest absolute Gasteiger partial charge is 0.410 e. The van der Waals surface area contributed by atoms with Gasteiger partial charge in [0.25, 0.3) is 0 Å². The molecular formula is C33H35N3O4. The van der Waals surface area contributed by atoms with E-state index in [0.29, 0.717) is 13.1 Å². The van der Waals surface area contributed by atoms with Crippen LogP contribution in [0.15, 0.2) is 72.8 Å². The van der Waals surface area contributed by atoms with Crippen molar-refractivity contribution >= 4 is 17.9 Å². The van der Waals surface area contributed by atoms with Crippen LogP contribution >= 0.6 is 0 Å². The van der Waals surface area contributed by atoms with Gasteiger partial charge in [-0.25, -0.2) is 9.59 Å². The summed E-state index contributed by atoms with van der Waals surface area (Å²) in [4.78, 5) is 28.6. The molecule has 0 bridgehead atoms. The summed E-state index contributed by atoms with van der Waals surface area (Å²) >= 11 is 0. The molecule has 0 aromatic heterocycles. The number of alkyl carbamates (subject to hydrolysis) is 1. The third-order valence-corrected chi connectivity index (χ3v) is 7.06. The van der Waals surface area contributed by atoms with Gasteiger partial charge in [0.15, 0.2) is 0 Å². The van der Waals surface area contributed by atoms with Gasteiger partial charge in [0, 0.05) is 43.3 Å². The van der Waals surface area contributed by atoms with E-state index in [1.807, 2.05) is 69.3 Å². The standard InChI is InChI=1S/C33H35N3O4/c1-33(2,3)40-32(38)36-21-19-35(20-22-36)25-16-14-24(15-17-25)9-8-18-34-31(37)39-23-30-28-12-6-4-10-26(28)27-11-5-7-13-29(27)30/h4-7,10-17,30H,18-23H2,1-3H3,(H,34,37). The normalized spacial score (nSPS) is 14.5. The number of rotatable bonds is 4. The lowest BCUT2D eigenvalue weighted by atomic mass is 9.98. The molecule has 0 atom stereocenters. The van der Waals surface area contributed by atoms with Crippen LogP contribution in [0.1, 0.15) is 43.4 Å². The van der Waals surface area contributed by atoms with Gasteiger partial charge in [-0.15, -0.1) is 0 Å². The van der Waals surface area contributed by atoms with Crippen molar-refractivity contribution in [1.82, 2.24) is 10.2 Å². The third kappa shape index (κ3) is 6.40. The molecule has 5 rings (SSSR count). The lowest BCUT2D eigenvalue weighted by Crippen LogP contribution is -2.50. The fourth-order valence-electron chi connectivity index (χ4n) is 5.14. The van der Waals surface area contributed by atoms with Crippen LogP contribution < -0.4 is 10.2 Å². The minimum Gasteiger partial charge on any atom is -0.449 e. The average molecular weight is 538 g/mol. The quantitative estimate of drug-likeness (QED) is 0.437. The molecule has 2 amide bonds. The van der Waals surface area contributed by atoms with Crippen LogP contribution in [0.5, 0.6) is 0 Å². The van der Waals surface area contributed by atoms with E-state index in [2.05, 4.69) is 46.3 Å². The molecule has 3 aromatic carbocycles. The van der Waals surface area contributed by atoms with Crippen molar-refractivity contribution in [3.8, 4) is 23.0 Å². The van der Waals surface area contributed by atoms with Crippen LogP contribution in [-0.2, 0) is 9.47 Å². The average Bonchev–Trinajstić information content (AvgIpc) is 3.27. The molecule has 1 saturated heterocycles. The number of nitrogens with zero attached hydrogens (tertiary/aromatic N) is 2. The maximum absolute atomic E-state index is 12.3. The molecule has 0 saturated carbocycles. The molecule has 2 aliphatic rings. The van der Waals surface area contributed by atoms with Crippen molar-refractivity contribution in [2.75, 3.05) is 44.2 Å². The first kappa shape index (κ1) is 27.1. The second-order valence-electron chi connectivity index (χ2n) is 11.0. The Morgan fingerprint density at radius 1 is 0.875 bits per heavy atom. The predicted molar refractivity (Wildman–Crippen MR) is 156 cm³/mol. The van der Waals surface area contributed by atoms with Gasteiger partial charge in [-0.1, -0.05) is 60.4 Å². The molecular weight excluding hydrogens is 502 g/mol. The summed E-state index contributed by atoms with van der Waals surface area (Å²) in [5.74, 6) is 6.11. The van der Waals surface area contributed by atoms with Gasteiger partial charge < -0.3 is 24.6 Å². The van der Waals surface area contributed by atoms with E-state index >= 15 is 0 Å². The first-order valence-corrected chi connectivity index (χ1v) is 13.7. The number of hydrogen-bond acceptors (Lipinski definition) is 5. The van der Waals surface area contributed by atoms with Gasteiger partial charge in [0.1, 0.15) is 12.2 Å². The first-order chi connectivity index (χ1) is 19.3.